The zero-order chi connectivity index (χ0) is 25.7. The molecule has 1 aliphatic rings. The van der Waals surface area contributed by atoms with Crippen LogP contribution in [0, 0.1) is 26.7 Å². The van der Waals surface area contributed by atoms with Gasteiger partial charge in [-0.3, -0.25) is 9.59 Å². The van der Waals surface area contributed by atoms with Gasteiger partial charge in [-0.2, -0.15) is 0 Å². The predicted molar refractivity (Wildman–Crippen MR) is 146 cm³/mol. The summed E-state index contributed by atoms with van der Waals surface area (Å²) in [5.41, 5.74) is 4.35. The fraction of sp³-hybridized carbons (Fsp3) is 0.571. The van der Waals surface area contributed by atoms with Gasteiger partial charge in [0.1, 0.15) is 0 Å². The summed E-state index contributed by atoms with van der Waals surface area (Å²) in [5.74, 6) is 0.355. The number of halogens is 1. The van der Waals surface area contributed by atoms with Crippen molar-refractivity contribution < 1.29 is 4.79 Å². The van der Waals surface area contributed by atoms with Gasteiger partial charge in [0, 0.05) is 46.2 Å². The molecule has 1 heterocycles. The Labute approximate surface area is 214 Å². The quantitative estimate of drug-likeness (QED) is 0.419. The highest BCUT2D eigenvalue weighted by molar-refractivity contribution is 6.31. The first kappa shape index (κ1) is 27.3. The lowest BCUT2D eigenvalue weighted by Crippen LogP contribution is -2.40. The molecule has 0 aliphatic heterocycles. The van der Waals surface area contributed by atoms with E-state index in [9.17, 15) is 9.59 Å². The Bertz CT molecular complexity index is 1090. The summed E-state index contributed by atoms with van der Waals surface area (Å²) in [6, 6.07) is 6.49. The number of benzene rings is 1. The number of aromatic nitrogens is 1. The largest absolute Gasteiger partial charge is 0.382 e. The number of pyridine rings is 1. The number of nitrogens with zero attached hydrogens (tertiary/aromatic N) is 1. The minimum Gasteiger partial charge on any atom is -0.382 e. The fourth-order valence-corrected chi connectivity index (χ4v) is 5.72. The van der Waals surface area contributed by atoms with Crippen LogP contribution >= 0.6 is 11.6 Å². The normalized spacial score (nSPS) is 19.0. The number of carbonyl (C=O) groups excluding carboxylic acids is 1. The van der Waals surface area contributed by atoms with Gasteiger partial charge in [0.15, 0.2) is 0 Å². The summed E-state index contributed by atoms with van der Waals surface area (Å²) in [7, 11) is 0. The molecule has 192 valence electrons. The maximum absolute atomic E-state index is 13.1. The Morgan fingerprint density at radius 2 is 1.77 bits per heavy atom. The van der Waals surface area contributed by atoms with Gasteiger partial charge >= 0.3 is 0 Å². The molecule has 0 saturated heterocycles. The van der Waals surface area contributed by atoms with Crippen LogP contribution in [0.15, 0.2) is 23.0 Å². The van der Waals surface area contributed by atoms with Gasteiger partial charge in [0.2, 0.25) is 0 Å². The van der Waals surface area contributed by atoms with Gasteiger partial charge in [-0.25, -0.2) is 0 Å². The van der Waals surface area contributed by atoms with Crippen molar-refractivity contribution in [1.82, 2.24) is 15.2 Å². The van der Waals surface area contributed by atoms with Crippen LogP contribution in [0.4, 0.5) is 5.69 Å². The molecular formula is C28H41ClN4O2. The van der Waals surface area contributed by atoms with Crippen molar-refractivity contribution in [2.45, 2.75) is 85.9 Å². The third kappa shape index (κ3) is 6.68. The summed E-state index contributed by atoms with van der Waals surface area (Å²) in [6.07, 6.45) is 4.87. The molecule has 35 heavy (non-hydrogen) atoms. The highest BCUT2D eigenvalue weighted by Crippen LogP contribution is 2.32. The van der Waals surface area contributed by atoms with Crippen molar-refractivity contribution in [3.8, 4) is 0 Å². The zero-order valence-corrected chi connectivity index (χ0v) is 22.8. The van der Waals surface area contributed by atoms with E-state index >= 15 is 0 Å². The molecule has 3 rings (SSSR count). The van der Waals surface area contributed by atoms with Crippen molar-refractivity contribution >= 4 is 23.2 Å². The molecule has 2 aromatic rings. The Hall–Kier alpha value is -2.31. The van der Waals surface area contributed by atoms with Crippen LogP contribution in [-0.2, 0) is 6.54 Å². The predicted octanol–water partition coefficient (Wildman–Crippen LogP) is 5.58. The van der Waals surface area contributed by atoms with Crippen LogP contribution < -0.4 is 16.2 Å². The van der Waals surface area contributed by atoms with E-state index in [1.54, 1.807) is 6.07 Å². The van der Waals surface area contributed by atoms with Gasteiger partial charge < -0.3 is 20.5 Å². The number of aryl methyl sites for hydroxylation is 2. The van der Waals surface area contributed by atoms with E-state index in [1.165, 1.54) is 25.7 Å². The zero-order valence-electron chi connectivity index (χ0n) is 22.1. The number of hydrogen-bond donors (Lipinski definition) is 3. The number of rotatable bonds is 9. The van der Waals surface area contributed by atoms with Gasteiger partial charge in [0.05, 0.1) is 0 Å². The van der Waals surface area contributed by atoms with Crippen molar-refractivity contribution in [3.63, 3.8) is 0 Å². The molecule has 0 spiro atoms. The van der Waals surface area contributed by atoms with Crippen molar-refractivity contribution in [3.05, 3.63) is 61.5 Å². The third-order valence-electron chi connectivity index (χ3n) is 7.70. The minimum absolute atomic E-state index is 0.168. The SMILES string of the molecule is CCN(CC)C1CCC(C(C)Nc2cc(Cl)cc(C(=O)NCc3c(C)cc(C)[nH]c3=O)c2C)CC1. The summed E-state index contributed by atoms with van der Waals surface area (Å²) < 4.78 is 0. The Balaban J connectivity index is 1.67. The highest BCUT2D eigenvalue weighted by atomic mass is 35.5. The van der Waals surface area contributed by atoms with Gasteiger partial charge in [0.25, 0.3) is 11.5 Å². The van der Waals surface area contributed by atoms with Gasteiger partial charge in [-0.15, -0.1) is 0 Å². The average molecular weight is 501 g/mol. The van der Waals surface area contributed by atoms with E-state index in [-0.39, 0.29) is 24.1 Å². The van der Waals surface area contributed by atoms with Gasteiger partial charge in [-0.05, 0) is 102 Å². The summed E-state index contributed by atoms with van der Waals surface area (Å²) in [6.45, 7) is 14.8. The number of amides is 1. The number of H-pyrrole nitrogens is 1. The molecule has 1 saturated carbocycles. The lowest BCUT2D eigenvalue weighted by Gasteiger charge is -2.38. The number of hydrogen-bond acceptors (Lipinski definition) is 4. The first-order valence-electron chi connectivity index (χ1n) is 12.9. The van der Waals surface area contributed by atoms with Crippen molar-refractivity contribution in [1.29, 1.82) is 0 Å². The molecule has 1 unspecified atom stereocenters. The fourth-order valence-electron chi connectivity index (χ4n) is 5.50. The average Bonchev–Trinajstić information content (AvgIpc) is 2.81. The number of aromatic amines is 1. The van der Waals surface area contributed by atoms with Crippen molar-refractivity contribution in [2.75, 3.05) is 18.4 Å². The second-order valence-electron chi connectivity index (χ2n) is 9.97. The molecular weight excluding hydrogens is 460 g/mol. The smallest absolute Gasteiger partial charge is 0.253 e. The molecule has 1 amide bonds. The van der Waals surface area contributed by atoms with E-state index < -0.39 is 0 Å². The van der Waals surface area contributed by atoms with Crippen molar-refractivity contribution in [2.24, 2.45) is 5.92 Å². The Morgan fingerprint density at radius 3 is 2.37 bits per heavy atom. The Morgan fingerprint density at radius 1 is 1.11 bits per heavy atom. The molecule has 3 N–H and O–H groups in total. The first-order chi connectivity index (χ1) is 16.6. The van der Waals surface area contributed by atoms with Crippen LogP contribution in [0.1, 0.15) is 79.2 Å². The minimum atomic E-state index is -0.236. The summed E-state index contributed by atoms with van der Waals surface area (Å²) in [5, 5.41) is 7.08. The lowest BCUT2D eigenvalue weighted by atomic mass is 9.81. The van der Waals surface area contributed by atoms with E-state index in [2.05, 4.69) is 41.3 Å². The number of nitrogens with one attached hydrogen (secondary N) is 3. The second-order valence-corrected chi connectivity index (χ2v) is 10.4. The molecule has 7 heteroatoms. The number of carbonyl (C=O) groups is 1. The van der Waals surface area contributed by atoms with E-state index in [1.807, 2.05) is 32.9 Å². The van der Waals surface area contributed by atoms with Crippen LogP contribution in [-0.4, -0.2) is 41.0 Å². The van der Waals surface area contributed by atoms with Crippen LogP contribution in [0.2, 0.25) is 5.02 Å². The topological polar surface area (TPSA) is 77.2 Å². The molecule has 1 atom stereocenters. The molecule has 1 aromatic carbocycles. The molecule has 1 aromatic heterocycles. The summed E-state index contributed by atoms with van der Waals surface area (Å²) >= 11 is 6.43. The molecule has 0 bridgehead atoms. The van der Waals surface area contributed by atoms with E-state index in [4.69, 9.17) is 11.6 Å². The van der Waals surface area contributed by atoms with Crippen LogP contribution in [0.25, 0.3) is 0 Å². The Kier molecular flexibility index (Phi) is 9.42. The maximum atomic E-state index is 13.1. The third-order valence-corrected chi connectivity index (χ3v) is 7.92. The van der Waals surface area contributed by atoms with E-state index in [0.29, 0.717) is 28.1 Å². The first-order valence-corrected chi connectivity index (χ1v) is 13.3. The molecule has 1 fully saturated rings. The standard InChI is InChI=1S/C28H41ClN4O2/c1-7-33(8-2)23-11-9-21(10-12-23)20(6)32-26-15-22(29)14-24(19(26)5)27(34)30-16-25-17(3)13-18(4)31-28(25)35/h13-15,20-21,23,32H,7-12,16H2,1-6H3,(H,30,34)(H,31,35). The monoisotopic (exact) mass is 500 g/mol. The van der Waals surface area contributed by atoms with E-state index in [0.717, 1.165) is 35.6 Å². The second kappa shape index (κ2) is 12.1. The molecule has 6 nitrogen and oxygen atoms in total. The maximum Gasteiger partial charge on any atom is 0.253 e. The molecule has 0 radical (unpaired) electrons. The summed E-state index contributed by atoms with van der Waals surface area (Å²) in [4.78, 5) is 30.7. The van der Waals surface area contributed by atoms with Gasteiger partial charge in [-0.1, -0.05) is 25.4 Å². The van der Waals surface area contributed by atoms with Crippen LogP contribution in [0.5, 0.6) is 0 Å². The highest BCUT2D eigenvalue weighted by Gasteiger charge is 2.28. The molecule has 1 aliphatic carbocycles. The lowest BCUT2D eigenvalue weighted by molar-refractivity contribution is 0.0950. The number of anilines is 1. The van der Waals surface area contributed by atoms with Crippen LogP contribution in [0.3, 0.4) is 0 Å².